The van der Waals surface area contributed by atoms with Crippen LogP contribution in [0, 0.1) is 22.7 Å². The summed E-state index contributed by atoms with van der Waals surface area (Å²) in [5.41, 5.74) is 0.0632. The van der Waals surface area contributed by atoms with Crippen molar-refractivity contribution in [1.82, 2.24) is 0 Å². The van der Waals surface area contributed by atoms with Gasteiger partial charge in [-0.3, -0.25) is 0 Å². The maximum Gasteiger partial charge on any atom is 0.129 e. The molecule has 0 spiro atoms. The molecule has 0 saturated heterocycles. The van der Waals surface area contributed by atoms with Crippen LogP contribution in [0.15, 0.2) is 24.0 Å². The Morgan fingerprint density at radius 1 is 1.40 bits per heavy atom. The van der Waals surface area contributed by atoms with E-state index in [2.05, 4.69) is 4.74 Å². The molecule has 0 aromatic heterocycles. The maximum atomic E-state index is 8.21. The first kappa shape index (κ1) is 8.26. The Morgan fingerprint density at radius 3 is 2.40 bits per heavy atom. The highest BCUT2D eigenvalue weighted by Gasteiger charge is 1.84. The van der Waals surface area contributed by atoms with Gasteiger partial charge in [-0.15, -0.1) is 0 Å². The summed E-state index contributed by atoms with van der Waals surface area (Å²) < 4.78 is 4.54. The summed E-state index contributed by atoms with van der Waals surface area (Å²) in [4.78, 5) is 0. The van der Waals surface area contributed by atoms with Gasteiger partial charge in [-0.25, -0.2) is 0 Å². The van der Waals surface area contributed by atoms with Crippen molar-refractivity contribution in [3.05, 3.63) is 24.0 Å². The fourth-order valence-corrected chi connectivity index (χ4v) is 0.314. The molecule has 0 aromatic carbocycles. The van der Waals surface area contributed by atoms with Crippen LogP contribution in [0.25, 0.3) is 0 Å². The Kier molecular flexibility index (Phi) is 4.46. The third-order valence-electron chi connectivity index (χ3n) is 0.718. The molecular weight excluding hydrogens is 128 g/mol. The first-order valence-electron chi connectivity index (χ1n) is 2.55. The van der Waals surface area contributed by atoms with Crippen LogP contribution in [0.3, 0.4) is 0 Å². The molecule has 0 aliphatic rings. The van der Waals surface area contributed by atoms with Crippen LogP contribution in [0.2, 0.25) is 0 Å². The molecule has 3 nitrogen and oxygen atoms in total. The van der Waals surface area contributed by atoms with Crippen LogP contribution in [-0.4, -0.2) is 7.11 Å². The summed E-state index contributed by atoms with van der Waals surface area (Å²) in [6.45, 7) is 0. The van der Waals surface area contributed by atoms with Gasteiger partial charge in [0.25, 0.3) is 0 Å². The number of hydrogen-bond acceptors (Lipinski definition) is 3. The van der Waals surface area contributed by atoms with Crippen LogP contribution >= 0.6 is 0 Å². The second kappa shape index (κ2) is 5.40. The van der Waals surface area contributed by atoms with Crippen molar-refractivity contribution in [3.63, 3.8) is 0 Å². The maximum absolute atomic E-state index is 8.21. The van der Waals surface area contributed by atoms with Crippen LogP contribution < -0.4 is 0 Å². The zero-order chi connectivity index (χ0) is 7.82. The normalized spacial score (nSPS) is 7.90. The zero-order valence-corrected chi connectivity index (χ0v) is 5.53. The summed E-state index contributed by atoms with van der Waals surface area (Å²) in [6.07, 6.45) is 4.25. The van der Waals surface area contributed by atoms with Gasteiger partial charge in [-0.2, -0.15) is 10.5 Å². The molecule has 0 rings (SSSR count). The van der Waals surface area contributed by atoms with Crippen LogP contribution in [0.5, 0.6) is 0 Å². The topological polar surface area (TPSA) is 56.8 Å². The van der Waals surface area contributed by atoms with Crippen LogP contribution in [0.1, 0.15) is 0 Å². The minimum atomic E-state index is 0.0632. The third-order valence-corrected chi connectivity index (χ3v) is 0.718. The van der Waals surface area contributed by atoms with Crippen molar-refractivity contribution in [2.24, 2.45) is 0 Å². The van der Waals surface area contributed by atoms with E-state index < -0.39 is 0 Å². The minimum absolute atomic E-state index is 0.0632. The molecule has 0 bridgehead atoms. The van der Waals surface area contributed by atoms with E-state index in [1.54, 1.807) is 12.1 Å². The van der Waals surface area contributed by atoms with Crippen molar-refractivity contribution in [2.45, 2.75) is 0 Å². The molecule has 0 atom stereocenters. The Bertz CT molecular complexity index is 211. The molecule has 50 valence electrons. The molecule has 0 fully saturated rings. The lowest BCUT2D eigenvalue weighted by Crippen LogP contribution is -1.68. The SMILES string of the molecule is COC=CC=C(C#N)C#N. The van der Waals surface area contributed by atoms with Gasteiger partial charge in [0.1, 0.15) is 17.7 Å². The minimum Gasteiger partial charge on any atom is -0.504 e. The second-order valence-electron chi connectivity index (χ2n) is 1.37. The summed E-state index contributed by atoms with van der Waals surface area (Å²) in [7, 11) is 1.49. The van der Waals surface area contributed by atoms with Gasteiger partial charge < -0.3 is 4.74 Å². The van der Waals surface area contributed by atoms with Crippen molar-refractivity contribution in [1.29, 1.82) is 10.5 Å². The number of methoxy groups -OCH3 is 1. The Balaban J connectivity index is 4.07. The largest absolute Gasteiger partial charge is 0.504 e. The average Bonchev–Trinajstić information content (AvgIpc) is 1.99. The quantitative estimate of drug-likeness (QED) is 0.323. The highest BCUT2D eigenvalue weighted by atomic mass is 16.5. The van der Waals surface area contributed by atoms with Crippen molar-refractivity contribution >= 4 is 0 Å². The van der Waals surface area contributed by atoms with Gasteiger partial charge in [-0.05, 0) is 12.2 Å². The molecule has 0 aliphatic heterocycles. The van der Waals surface area contributed by atoms with E-state index in [0.717, 1.165) is 0 Å². The molecular formula is C7H6N2O. The smallest absolute Gasteiger partial charge is 0.129 e. The molecule has 0 radical (unpaired) electrons. The number of nitriles is 2. The lowest BCUT2D eigenvalue weighted by molar-refractivity contribution is 0.338. The zero-order valence-electron chi connectivity index (χ0n) is 5.53. The number of allylic oxidation sites excluding steroid dienone is 3. The molecule has 0 amide bonds. The van der Waals surface area contributed by atoms with Crippen molar-refractivity contribution in [3.8, 4) is 12.1 Å². The first-order chi connectivity index (χ1) is 4.85. The molecule has 3 heteroatoms. The highest BCUT2D eigenvalue weighted by Crippen LogP contribution is 1.88. The monoisotopic (exact) mass is 134 g/mol. The van der Waals surface area contributed by atoms with Crippen LogP contribution in [-0.2, 0) is 4.74 Å². The lowest BCUT2D eigenvalue weighted by atomic mass is 10.3. The number of rotatable bonds is 2. The molecule has 0 N–H and O–H groups in total. The van der Waals surface area contributed by atoms with E-state index in [0.29, 0.717) is 0 Å². The van der Waals surface area contributed by atoms with Gasteiger partial charge in [0.15, 0.2) is 0 Å². The fourth-order valence-electron chi connectivity index (χ4n) is 0.314. The van der Waals surface area contributed by atoms with Gasteiger partial charge in [0.05, 0.1) is 13.4 Å². The number of nitrogens with zero attached hydrogens (tertiary/aromatic N) is 2. The molecule has 0 aromatic rings. The van der Waals surface area contributed by atoms with E-state index in [9.17, 15) is 0 Å². The fraction of sp³-hybridized carbons (Fsp3) is 0.143. The standard InChI is InChI=1S/C7H6N2O/c1-10-4-2-3-7(5-8)6-9/h2-4H,1H3. The van der Waals surface area contributed by atoms with E-state index in [4.69, 9.17) is 10.5 Å². The van der Waals surface area contributed by atoms with E-state index in [1.807, 2.05) is 0 Å². The number of ether oxygens (including phenoxy) is 1. The first-order valence-corrected chi connectivity index (χ1v) is 2.55. The average molecular weight is 134 g/mol. The third kappa shape index (κ3) is 3.29. The predicted molar refractivity (Wildman–Crippen MR) is 35.5 cm³/mol. The van der Waals surface area contributed by atoms with Gasteiger partial charge in [-0.1, -0.05) is 0 Å². The van der Waals surface area contributed by atoms with Gasteiger partial charge in [0.2, 0.25) is 0 Å². The van der Waals surface area contributed by atoms with Crippen molar-refractivity contribution in [2.75, 3.05) is 7.11 Å². The van der Waals surface area contributed by atoms with Gasteiger partial charge >= 0.3 is 0 Å². The summed E-state index contributed by atoms with van der Waals surface area (Å²) in [5, 5.41) is 16.4. The lowest BCUT2D eigenvalue weighted by Gasteiger charge is -1.80. The van der Waals surface area contributed by atoms with E-state index in [-0.39, 0.29) is 5.57 Å². The second-order valence-corrected chi connectivity index (χ2v) is 1.37. The predicted octanol–water partition coefficient (Wildman–Crippen LogP) is 1.12. The number of hydrogen-bond donors (Lipinski definition) is 0. The Morgan fingerprint density at radius 2 is 2.00 bits per heavy atom. The molecule has 0 heterocycles. The molecule has 0 aliphatic carbocycles. The van der Waals surface area contributed by atoms with E-state index in [1.165, 1.54) is 25.5 Å². The van der Waals surface area contributed by atoms with E-state index >= 15 is 0 Å². The summed E-state index contributed by atoms with van der Waals surface area (Å²) >= 11 is 0. The summed E-state index contributed by atoms with van der Waals surface area (Å²) in [6, 6.07) is 3.41. The molecule has 0 saturated carbocycles. The highest BCUT2D eigenvalue weighted by molar-refractivity contribution is 5.37. The summed E-state index contributed by atoms with van der Waals surface area (Å²) in [5.74, 6) is 0. The van der Waals surface area contributed by atoms with Crippen molar-refractivity contribution < 1.29 is 4.74 Å². The molecule has 0 unspecified atom stereocenters. The molecule has 10 heavy (non-hydrogen) atoms. The van der Waals surface area contributed by atoms with Crippen LogP contribution in [0.4, 0.5) is 0 Å². The Labute approximate surface area is 59.4 Å². The Hall–Kier alpha value is -1.74. The van der Waals surface area contributed by atoms with Gasteiger partial charge in [0, 0.05) is 0 Å².